The minimum absolute atomic E-state index is 0.370. The Balaban J connectivity index is 2.45. The second kappa shape index (κ2) is 5.43. The Morgan fingerprint density at radius 3 is 2.00 bits per heavy atom. The predicted molar refractivity (Wildman–Crippen MR) is 81.4 cm³/mol. The minimum Gasteiger partial charge on any atom is -0.399 e. The summed E-state index contributed by atoms with van der Waals surface area (Å²) in [6.07, 6.45) is -4.41. The van der Waals surface area contributed by atoms with Gasteiger partial charge in [0.25, 0.3) is 0 Å². The topological polar surface area (TPSA) is 18.5 Å². The SMILES string of the molecule is CC(Cl)c1cc(C(F)(F)F)ccc1B1OC(C)(C)C(C)(C)O1. The molecular weight excluding hydrogens is 315 g/mol. The van der Waals surface area contributed by atoms with Crippen molar-refractivity contribution < 1.29 is 22.5 Å². The van der Waals surface area contributed by atoms with Crippen molar-refractivity contribution in [3.63, 3.8) is 0 Å². The Morgan fingerprint density at radius 2 is 1.59 bits per heavy atom. The summed E-state index contributed by atoms with van der Waals surface area (Å²) in [5.41, 5.74) is -0.945. The molecule has 122 valence electrons. The molecule has 1 heterocycles. The highest BCUT2D eigenvalue weighted by Gasteiger charge is 2.52. The van der Waals surface area contributed by atoms with E-state index in [0.717, 1.165) is 12.1 Å². The molecule has 0 spiro atoms. The van der Waals surface area contributed by atoms with Crippen LogP contribution in [0.4, 0.5) is 13.2 Å². The van der Waals surface area contributed by atoms with Gasteiger partial charge in [-0.3, -0.25) is 0 Å². The summed E-state index contributed by atoms with van der Waals surface area (Å²) in [4.78, 5) is 0. The number of hydrogen-bond acceptors (Lipinski definition) is 2. The third kappa shape index (κ3) is 3.14. The van der Waals surface area contributed by atoms with Gasteiger partial charge in [0.2, 0.25) is 0 Å². The number of hydrogen-bond donors (Lipinski definition) is 0. The zero-order valence-corrected chi connectivity index (χ0v) is 14.0. The molecule has 0 bridgehead atoms. The Hall–Kier alpha value is -0.715. The van der Waals surface area contributed by atoms with Gasteiger partial charge in [-0.05, 0) is 51.7 Å². The highest BCUT2D eigenvalue weighted by molar-refractivity contribution is 6.63. The van der Waals surface area contributed by atoms with Crippen molar-refractivity contribution in [3.8, 4) is 0 Å². The second-order valence-electron chi connectivity index (χ2n) is 6.55. The molecule has 0 saturated carbocycles. The standard InChI is InChI=1S/C15H19BClF3O2/c1-9(17)11-8-10(15(18,19)20)6-7-12(11)16-21-13(2,3)14(4,5)22-16/h6-9H,1-5H3. The van der Waals surface area contributed by atoms with Crippen LogP contribution in [0.25, 0.3) is 0 Å². The van der Waals surface area contributed by atoms with E-state index in [0.29, 0.717) is 11.0 Å². The molecule has 1 saturated heterocycles. The van der Waals surface area contributed by atoms with Crippen molar-refractivity contribution >= 4 is 24.2 Å². The number of rotatable bonds is 2. The molecule has 0 radical (unpaired) electrons. The normalized spacial score (nSPS) is 22.0. The first-order valence-corrected chi connectivity index (χ1v) is 7.49. The molecule has 0 aromatic heterocycles. The van der Waals surface area contributed by atoms with Crippen LogP contribution in [0.15, 0.2) is 18.2 Å². The molecule has 1 atom stereocenters. The van der Waals surface area contributed by atoms with Crippen LogP contribution in [0.5, 0.6) is 0 Å². The van der Waals surface area contributed by atoms with E-state index in [9.17, 15) is 13.2 Å². The predicted octanol–water partition coefficient (Wildman–Crippen LogP) is 4.30. The van der Waals surface area contributed by atoms with E-state index in [2.05, 4.69) is 0 Å². The van der Waals surface area contributed by atoms with Crippen molar-refractivity contribution in [2.75, 3.05) is 0 Å². The van der Waals surface area contributed by atoms with Gasteiger partial charge in [0, 0.05) is 0 Å². The Kier molecular flexibility index (Phi) is 4.35. The second-order valence-corrected chi connectivity index (χ2v) is 7.20. The highest BCUT2D eigenvalue weighted by Crippen LogP contribution is 2.38. The van der Waals surface area contributed by atoms with E-state index < -0.39 is 35.4 Å². The molecule has 2 nitrogen and oxygen atoms in total. The van der Waals surface area contributed by atoms with Gasteiger partial charge in [0.1, 0.15) is 0 Å². The lowest BCUT2D eigenvalue weighted by molar-refractivity contribution is -0.137. The monoisotopic (exact) mass is 334 g/mol. The molecule has 1 aliphatic rings. The average Bonchev–Trinajstić information content (AvgIpc) is 2.56. The van der Waals surface area contributed by atoms with Gasteiger partial charge in [-0.2, -0.15) is 13.2 Å². The lowest BCUT2D eigenvalue weighted by Crippen LogP contribution is -2.41. The molecule has 0 N–H and O–H groups in total. The lowest BCUT2D eigenvalue weighted by atomic mass is 9.74. The van der Waals surface area contributed by atoms with Gasteiger partial charge in [0.15, 0.2) is 0 Å². The number of halogens is 4. The maximum Gasteiger partial charge on any atom is 0.495 e. The summed E-state index contributed by atoms with van der Waals surface area (Å²) < 4.78 is 50.5. The molecule has 0 amide bonds. The van der Waals surface area contributed by atoms with Crippen molar-refractivity contribution in [3.05, 3.63) is 29.3 Å². The molecular formula is C15H19BClF3O2. The zero-order chi connectivity index (χ0) is 16.9. The van der Waals surface area contributed by atoms with Gasteiger partial charge < -0.3 is 9.31 Å². The van der Waals surface area contributed by atoms with Crippen LogP contribution in [-0.4, -0.2) is 18.3 Å². The van der Waals surface area contributed by atoms with E-state index in [1.807, 2.05) is 27.7 Å². The summed E-state index contributed by atoms with van der Waals surface area (Å²) in [6.45, 7) is 9.19. The molecule has 7 heteroatoms. The fourth-order valence-electron chi connectivity index (χ4n) is 2.28. The third-order valence-electron chi connectivity index (χ3n) is 4.35. The first kappa shape index (κ1) is 17.6. The van der Waals surface area contributed by atoms with Crippen molar-refractivity contribution in [1.29, 1.82) is 0 Å². The highest BCUT2D eigenvalue weighted by atomic mass is 35.5. The molecule has 1 aliphatic heterocycles. The lowest BCUT2D eigenvalue weighted by Gasteiger charge is -2.32. The van der Waals surface area contributed by atoms with Crippen molar-refractivity contribution in [2.24, 2.45) is 0 Å². The summed E-state index contributed by atoms with van der Waals surface area (Å²) in [7, 11) is -0.733. The molecule has 0 aliphatic carbocycles. The Morgan fingerprint density at radius 1 is 1.09 bits per heavy atom. The van der Waals surface area contributed by atoms with Crippen LogP contribution in [0, 0.1) is 0 Å². The molecule has 2 rings (SSSR count). The van der Waals surface area contributed by atoms with Crippen LogP contribution in [0.3, 0.4) is 0 Å². The summed E-state index contributed by atoms with van der Waals surface area (Å²) >= 11 is 6.07. The Bertz CT molecular complexity index is 554. The summed E-state index contributed by atoms with van der Waals surface area (Å²) in [5, 5.41) is -0.587. The van der Waals surface area contributed by atoms with Crippen LogP contribution in [0.2, 0.25) is 0 Å². The van der Waals surface area contributed by atoms with Crippen molar-refractivity contribution in [1.82, 2.24) is 0 Å². The molecule has 1 unspecified atom stereocenters. The van der Waals surface area contributed by atoms with Crippen LogP contribution >= 0.6 is 11.6 Å². The van der Waals surface area contributed by atoms with Gasteiger partial charge in [0.05, 0.1) is 22.1 Å². The third-order valence-corrected chi connectivity index (χ3v) is 4.58. The van der Waals surface area contributed by atoms with Crippen LogP contribution in [-0.2, 0) is 15.5 Å². The number of alkyl halides is 4. The van der Waals surface area contributed by atoms with Gasteiger partial charge in [-0.25, -0.2) is 0 Å². The smallest absolute Gasteiger partial charge is 0.399 e. The minimum atomic E-state index is -4.41. The van der Waals surface area contributed by atoms with Crippen molar-refractivity contribution in [2.45, 2.75) is 57.4 Å². The first-order valence-electron chi connectivity index (χ1n) is 7.06. The van der Waals surface area contributed by atoms with Crippen LogP contribution < -0.4 is 5.46 Å². The van der Waals surface area contributed by atoms with Gasteiger partial charge in [-0.1, -0.05) is 12.1 Å². The quantitative estimate of drug-likeness (QED) is 0.593. The number of benzene rings is 1. The first-order chi connectivity index (χ1) is 9.85. The summed E-state index contributed by atoms with van der Waals surface area (Å²) in [6, 6.07) is 3.49. The van der Waals surface area contributed by atoms with E-state index in [-0.39, 0.29) is 0 Å². The average molecular weight is 335 g/mol. The molecule has 1 fully saturated rings. The maximum absolute atomic E-state index is 12.9. The molecule has 22 heavy (non-hydrogen) atoms. The van der Waals surface area contributed by atoms with Crippen LogP contribution in [0.1, 0.15) is 51.1 Å². The maximum atomic E-state index is 12.9. The molecule has 1 aromatic rings. The summed E-state index contributed by atoms with van der Waals surface area (Å²) in [5.74, 6) is 0. The fourth-order valence-corrected chi connectivity index (χ4v) is 2.47. The fraction of sp³-hybridized carbons (Fsp3) is 0.600. The van der Waals surface area contributed by atoms with E-state index in [1.165, 1.54) is 6.07 Å². The molecule has 1 aromatic carbocycles. The van der Waals surface area contributed by atoms with E-state index in [1.54, 1.807) is 6.92 Å². The van der Waals surface area contributed by atoms with E-state index in [4.69, 9.17) is 20.9 Å². The van der Waals surface area contributed by atoms with Gasteiger partial charge in [-0.15, -0.1) is 11.6 Å². The van der Waals surface area contributed by atoms with Gasteiger partial charge >= 0.3 is 13.3 Å². The largest absolute Gasteiger partial charge is 0.495 e. The Labute approximate surface area is 134 Å². The zero-order valence-electron chi connectivity index (χ0n) is 13.2. The van der Waals surface area contributed by atoms with E-state index >= 15 is 0 Å².